The van der Waals surface area contributed by atoms with Gasteiger partial charge in [0.1, 0.15) is 0 Å². The van der Waals surface area contributed by atoms with Crippen molar-refractivity contribution in [1.29, 1.82) is 0 Å². The van der Waals surface area contributed by atoms with E-state index in [-0.39, 0.29) is 0 Å². The van der Waals surface area contributed by atoms with Gasteiger partial charge in [-0.05, 0) is 13.0 Å². The third kappa shape index (κ3) is 1.87. The molecular weight excluding hydrogens is 215 g/mol. The standard InChI is InChI=1S/C5H11IN2/c6-4-8-5-1-2-7-3-5/h5,7-8H,1-4H2/t5-/m0/s1. The summed E-state index contributed by atoms with van der Waals surface area (Å²) in [6.07, 6.45) is 1.29. The summed E-state index contributed by atoms with van der Waals surface area (Å²) >= 11 is 2.34. The fourth-order valence-corrected chi connectivity index (χ4v) is 1.56. The summed E-state index contributed by atoms with van der Waals surface area (Å²) in [6, 6.07) is 0.742. The van der Waals surface area contributed by atoms with Crippen LogP contribution < -0.4 is 10.6 Å². The van der Waals surface area contributed by atoms with Crippen molar-refractivity contribution in [2.75, 3.05) is 17.6 Å². The molecule has 1 fully saturated rings. The molecule has 1 saturated heterocycles. The average molecular weight is 226 g/mol. The van der Waals surface area contributed by atoms with E-state index < -0.39 is 0 Å². The highest BCUT2D eigenvalue weighted by Crippen LogP contribution is 1.96. The van der Waals surface area contributed by atoms with Crippen LogP contribution >= 0.6 is 22.6 Å². The van der Waals surface area contributed by atoms with Gasteiger partial charge in [-0.3, -0.25) is 0 Å². The molecular formula is C5H11IN2. The quantitative estimate of drug-likeness (QED) is 0.403. The van der Waals surface area contributed by atoms with Crippen molar-refractivity contribution in [3.63, 3.8) is 0 Å². The summed E-state index contributed by atoms with van der Waals surface area (Å²) in [6.45, 7) is 2.34. The molecule has 8 heavy (non-hydrogen) atoms. The molecule has 0 aromatic heterocycles. The van der Waals surface area contributed by atoms with Crippen LogP contribution in [0.5, 0.6) is 0 Å². The summed E-state index contributed by atoms with van der Waals surface area (Å²) < 4.78 is 1.07. The Labute approximate surface area is 63.6 Å². The Morgan fingerprint density at radius 1 is 1.75 bits per heavy atom. The maximum atomic E-state index is 3.37. The van der Waals surface area contributed by atoms with Gasteiger partial charge in [-0.2, -0.15) is 0 Å². The number of hydrogen-bond acceptors (Lipinski definition) is 2. The summed E-state index contributed by atoms with van der Waals surface area (Å²) in [5.74, 6) is 0. The Balaban J connectivity index is 2.06. The first-order valence-electron chi connectivity index (χ1n) is 2.93. The zero-order valence-electron chi connectivity index (χ0n) is 4.78. The first-order valence-corrected chi connectivity index (χ1v) is 4.46. The van der Waals surface area contributed by atoms with E-state index >= 15 is 0 Å². The lowest BCUT2D eigenvalue weighted by atomic mass is 10.3. The van der Waals surface area contributed by atoms with Crippen LogP contribution in [0.3, 0.4) is 0 Å². The fourth-order valence-electron chi connectivity index (χ4n) is 0.938. The summed E-state index contributed by atoms with van der Waals surface area (Å²) in [4.78, 5) is 0. The maximum Gasteiger partial charge on any atom is 0.0482 e. The monoisotopic (exact) mass is 226 g/mol. The summed E-state index contributed by atoms with van der Waals surface area (Å²) in [5, 5.41) is 6.66. The second kappa shape index (κ2) is 3.63. The van der Waals surface area contributed by atoms with Crippen molar-refractivity contribution < 1.29 is 0 Å². The molecule has 0 unspecified atom stereocenters. The normalized spacial score (nSPS) is 28.9. The number of nitrogens with one attached hydrogen (secondary N) is 2. The van der Waals surface area contributed by atoms with Gasteiger partial charge < -0.3 is 10.6 Å². The molecule has 0 saturated carbocycles. The van der Waals surface area contributed by atoms with E-state index in [2.05, 4.69) is 33.2 Å². The molecule has 0 aromatic carbocycles. The summed E-state index contributed by atoms with van der Waals surface area (Å²) in [5.41, 5.74) is 0. The molecule has 0 bridgehead atoms. The van der Waals surface area contributed by atoms with Crippen LogP contribution in [-0.2, 0) is 0 Å². The third-order valence-corrected chi connectivity index (χ3v) is 1.87. The maximum absolute atomic E-state index is 3.37. The number of hydrogen-bond donors (Lipinski definition) is 2. The SMILES string of the molecule is ICN[C@H]1CCNC1. The molecule has 2 nitrogen and oxygen atoms in total. The highest BCUT2D eigenvalue weighted by Gasteiger charge is 2.11. The van der Waals surface area contributed by atoms with E-state index in [4.69, 9.17) is 0 Å². The Hall–Kier alpha value is 0.650. The van der Waals surface area contributed by atoms with Crippen LogP contribution in [0, 0.1) is 0 Å². The molecule has 1 heterocycles. The second-order valence-corrected chi connectivity index (χ2v) is 2.79. The van der Waals surface area contributed by atoms with E-state index in [0.717, 1.165) is 17.1 Å². The van der Waals surface area contributed by atoms with Crippen LogP contribution in [-0.4, -0.2) is 23.7 Å². The van der Waals surface area contributed by atoms with Crippen LogP contribution in [0.15, 0.2) is 0 Å². The summed E-state index contributed by atoms with van der Waals surface area (Å²) in [7, 11) is 0. The van der Waals surface area contributed by atoms with Gasteiger partial charge in [0.25, 0.3) is 0 Å². The lowest BCUT2D eigenvalue weighted by molar-refractivity contribution is 0.606. The average Bonchev–Trinajstić information content (AvgIpc) is 2.19. The van der Waals surface area contributed by atoms with Crippen molar-refractivity contribution >= 4 is 22.6 Å². The van der Waals surface area contributed by atoms with Crippen molar-refractivity contribution in [2.45, 2.75) is 12.5 Å². The Bertz CT molecular complexity index is 61.4. The van der Waals surface area contributed by atoms with Gasteiger partial charge in [-0.1, -0.05) is 22.6 Å². The number of rotatable bonds is 2. The lowest BCUT2D eigenvalue weighted by Crippen LogP contribution is -2.29. The minimum absolute atomic E-state index is 0.742. The predicted octanol–water partition coefficient (Wildman–Crippen LogP) is 0.330. The van der Waals surface area contributed by atoms with Crippen molar-refractivity contribution in [1.82, 2.24) is 10.6 Å². The van der Waals surface area contributed by atoms with Gasteiger partial charge >= 0.3 is 0 Å². The first kappa shape index (κ1) is 6.77. The predicted molar refractivity (Wildman–Crippen MR) is 43.3 cm³/mol. The highest BCUT2D eigenvalue weighted by molar-refractivity contribution is 14.1. The van der Waals surface area contributed by atoms with E-state index in [0.29, 0.717) is 0 Å². The lowest BCUT2D eigenvalue weighted by Gasteiger charge is -2.05. The second-order valence-electron chi connectivity index (χ2n) is 2.03. The first-order chi connectivity index (χ1) is 3.93. The minimum Gasteiger partial charge on any atom is -0.315 e. The molecule has 0 aliphatic carbocycles. The topological polar surface area (TPSA) is 24.1 Å². The molecule has 48 valence electrons. The van der Waals surface area contributed by atoms with Crippen LogP contribution in [0.1, 0.15) is 6.42 Å². The Morgan fingerprint density at radius 2 is 2.62 bits per heavy atom. The highest BCUT2D eigenvalue weighted by atomic mass is 127. The molecule has 0 spiro atoms. The molecule has 2 N–H and O–H groups in total. The van der Waals surface area contributed by atoms with Gasteiger partial charge in [-0.15, -0.1) is 0 Å². The Kier molecular flexibility index (Phi) is 3.07. The zero-order valence-corrected chi connectivity index (χ0v) is 6.94. The largest absolute Gasteiger partial charge is 0.315 e. The van der Waals surface area contributed by atoms with Gasteiger partial charge in [0.05, 0.1) is 0 Å². The Morgan fingerprint density at radius 3 is 3.12 bits per heavy atom. The van der Waals surface area contributed by atoms with Crippen molar-refractivity contribution in [3.05, 3.63) is 0 Å². The molecule has 0 aromatic rings. The van der Waals surface area contributed by atoms with E-state index in [1.807, 2.05) is 0 Å². The number of halogens is 1. The number of alkyl halides is 1. The third-order valence-electron chi connectivity index (χ3n) is 1.43. The minimum atomic E-state index is 0.742. The van der Waals surface area contributed by atoms with Crippen LogP contribution in [0.2, 0.25) is 0 Å². The molecule has 1 aliphatic rings. The van der Waals surface area contributed by atoms with Crippen molar-refractivity contribution in [3.8, 4) is 0 Å². The van der Waals surface area contributed by atoms with Gasteiger partial charge in [0.15, 0.2) is 0 Å². The molecule has 1 atom stereocenters. The molecule has 3 heteroatoms. The van der Waals surface area contributed by atoms with Crippen LogP contribution in [0.4, 0.5) is 0 Å². The molecule has 0 radical (unpaired) electrons. The van der Waals surface area contributed by atoms with E-state index in [1.54, 1.807) is 0 Å². The van der Waals surface area contributed by atoms with Crippen molar-refractivity contribution in [2.24, 2.45) is 0 Å². The zero-order chi connectivity index (χ0) is 5.82. The van der Waals surface area contributed by atoms with Gasteiger partial charge in [0.2, 0.25) is 0 Å². The molecule has 0 amide bonds. The molecule has 1 aliphatic heterocycles. The smallest absolute Gasteiger partial charge is 0.0482 e. The molecule has 1 rings (SSSR count). The van der Waals surface area contributed by atoms with E-state index in [9.17, 15) is 0 Å². The van der Waals surface area contributed by atoms with Crippen LogP contribution in [0.25, 0.3) is 0 Å². The van der Waals surface area contributed by atoms with E-state index in [1.165, 1.54) is 13.0 Å². The van der Waals surface area contributed by atoms with Gasteiger partial charge in [-0.25, -0.2) is 0 Å². The van der Waals surface area contributed by atoms with Gasteiger partial charge in [0, 0.05) is 17.1 Å². The fraction of sp³-hybridized carbons (Fsp3) is 1.00.